The quantitative estimate of drug-likeness (QED) is 0.358. The first-order valence-electron chi connectivity index (χ1n) is 2.91. The van der Waals surface area contributed by atoms with E-state index in [1.807, 2.05) is 6.92 Å². The van der Waals surface area contributed by atoms with Gasteiger partial charge in [-0.15, -0.1) is 0 Å². The van der Waals surface area contributed by atoms with E-state index in [9.17, 15) is 0 Å². The molecule has 0 saturated heterocycles. The molecule has 5 heteroatoms. The van der Waals surface area contributed by atoms with E-state index in [4.69, 9.17) is 21.6 Å². The van der Waals surface area contributed by atoms with Crippen LogP contribution in [0, 0.1) is 5.41 Å². The van der Waals surface area contributed by atoms with Gasteiger partial charge in [0, 0.05) is 0 Å². The molecule has 1 unspecified atom stereocenters. The zero-order chi connectivity index (χ0) is 7.98. The molecule has 0 aromatic heterocycles. The van der Waals surface area contributed by atoms with Crippen molar-refractivity contribution >= 4 is 12.2 Å². The Bertz CT molecular complexity index is 134. The fraction of sp³-hybridized carbons (Fsp3) is 0.600. The van der Waals surface area contributed by atoms with Gasteiger partial charge in [-0.25, -0.2) is 4.99 Å². The molecule has 0 spiro atoms. The lowest BCUT2D eigenvalue weighted by Gasteiger charge is -2.01. The normalized spacial score (nSPS) is 13.4. The van der Waals surface area contributed by atoms with E-state index in [1.54, 1.807) is 0 Å². The first kappa shape index (κ1) is 8.90. The van der Waals surface area contributed by atoms with Crippen LogP contribution in [-0.2, 0) is 4.74 Å². The van der Waals surface area contributed by atoms with E-state index in [0.29, 0.717) is 6.61 Å². The highest BCUT2D eigenvalue weighted by molar-refractivity contribution is 5.83. The minimum Gasteiger partial charge on any atom is -0.484 e. The Hall–Kier alpha value is -1.10. The number of ether oxygens (including phenoxy) is 1. The van der Waals surface area contributed by atoms with Gasteiger partial charge < -0.3 is 16.2 Å². The highest BCUT2D eigenvalue weighted by Gasteiger charge is 1.98. The van der Waals surface area contributed by atoms with Gasteiger partial charge in [0.1, 0.15) is 5.84 Å². The van der Waals surface area contributed by atoms with E-state index >= 15 is 0 Å². The van der Waals surface area contributed by atoms with Crippen molar-refractivity contribution < 1.29 is 4.74 Å². The summed E-state index contributed by atoms with van der Waals surface area (Å²) in [5.41, 5.74) is 10.2. The Morgan fingerprint density at radius 2 is 2.50 bits per heavy atom. The molecule has 0 fully saturated rings. The van der Waals surface area contributed by atoms with E-state index in [0.717, 1.165) is 0 Å². The van der Waals surface area contributed by atoms with Crippen LogP contribution in [0.5, 0.6) is 0 Å². The lowest BCUT2D eigenvalue weighted by atomic mass is 10.5. The zero-order valence-electron chi connectivity index (χ0n) is 5.87. The first-order chi connectivity index (χ1) is 4.68. The summed E-state index contributed by atoms with van der Waals surface area (Å²) in [6.45, 7) is 2.36. The van der Waals surface area contributed by atoms with Gasteiger partial charge >= 0.3 is 0 Å². The van der Waals surface area contributed by atoms with Crippen LogP contribution >= 0.6 is 0 Å². The summed E-state index contributed by atoms with van der Waals surface area (Å²) in [7, 11) is 0. The van der Waals surface area contributed by atoms with Gasteiger partial charge in [-0.2, -0.15) is 0 Å². The average Bonchev–Trinajstić information content (AvgIpc) is 1.88. The van der Waals surface area contributed by atoms with Crippen molar-refractivity contribution in [2.75, 3.05) is 6.61 Å². The summed E-state index contributed by atoms with van der Waals surface area (Å²) in [5.74, 6) is -0.170. The number of amidine groups is 1. The number of nitrogens with one attached hydrogen (secondary N) is 1. The third kappa shape index (κ3) is 3.85. The Morgan fingerprint density at radius 1 is 1.90 bits per heavy atom. The summed E-state index contributed by atoms with van der Waals surface area (Å²) >= 11 is 0. The molecule has 0 aliphatic carbocycles. The third-order valence-corrected chi connectivity index (χ3v) is 0.781. The van der Waals surface area contributed by atoms with Gasteiger partial charge in [-0.1, -0.05) is 0 Å². The van der Waals surface area contributed by atoms with Crippen molar-refractivity contribution in [1.82, 2.24) is 0 Å². The largest absolute Gasteiger partial charge is 0.484 e. The molecule has 0 aliphatic rings. The van der Waals surface area contributed by atoms with Crippen LogP contribution in [-0.4, -0.2) is 25.0 Å². The topological polar surface area (TPSA) is 97.5 Å². The van der Waals surface area contributed by atoms with Gasteiger partial charge in [-0.3, -0.25) is 5.41 Å². The summed E-state index contributed by atoms with van der Waals surface area (Å²) in [6, 6.07) is 0. The van der Waals surface area contributed by atoms with Crippen LogP contribution < -0.4 is 11.5 Å². The maximum absolute atomic E-state index is 6.82. The highest BCUT2D eigenvalue weighted by atomic mass is 16.5. The number of aliphatic imine (C=N–C) groups is 1. The SMILES string of the molecule is CCOC=NC(N)C(=N)N. The van der Waals surface area contributed by atoms with E-state index < -0.39 is 6.17 Å². The van der Waals surface area contributed by atoms with Crippen LogP contribution in [0.15, 0.2) is 4.99 Å². The molecular formula is C5H12N4O. The molecule has 10 heavy (non-hydrogen) atoms. The third-order valence-electron chi connectivity index (χ3n) is 0.781. The molecule has 5 N–H and O–H groups in total. The molecule has 0 aromatic carbocycles. The minimum absolute atomic E-state index is 0.170. The zero-order valence-corrected chi connectivity index (χ0v) is 5.87. The number of rotatable bonds is 4. The van der Waals surface area contributed by atoms with Crippen molar-refractivity contribution in [2.45, 2.75) is 13.1 Å². The molecule has 0 aliphatic heterocycles. The van der Waals surface area contributed by atoms with Gasteiger partial charge in [0.05, 0.1) is 6.61 Å². The van der Waals surface area contributed by atoms with E-state index in [-0.39, 0.29) is 5.84 Å². The average molecular weight is 144 g/mol. The van der Waals surface area contributed by atoms with E-state index in [1.165, 1.54) is 6.40 Å². The van der Waals surface area contributed by atoms with Gasteiger partial charge in [0.25, 0.3) is 0 Å². The predicted octanol–water partition coefficient (Wildman–Crippen LogP) is -0.728. The van der Waals surface area contributed by atoms with Crippen LogP contribution in [0.2, 0.25) is 0 Å². The number of hydrogen-bond acceptors (Lipinski definition) is 4. The molecule has 1 atom stereocenters. The highest BCUT2D eigenvalue weighted by Crippen LogP contribution is 1.77. The molecule has 0 saturated carbocycles. The van der Waals surface area contributed by atoms with Gasteiger partial charge in [0.15, 0.2) is 12.6 Å². The monoisotopic (exact) mass is 144 g/mol. The Balaban J connectivity index is 3.55. The smallest absolute Gasteiger partial charge is 0.171 e. The summed E-state index contributed by atoms with van der Waals surface area (Å²) in [6.07, 6.45) is 0.429. The van der Waals surface area contributed by atoms with Crippen molar-refractivity contribution in [1.29, 1.82) is 5.41 Å². The summed E-state index contributed by atoms with van der Waals surface area (Å²) in [5, 5.41) is 6.82. The standard InChI is InChI=1S/C5H12N4O/c1-2-10-3-9-5(8)4(6)7/h3,5H,2,8H2,1H3,(H3,6,7). The van der Waals surface area contributed by atoms with Crippen molar-refractivity contribution in [3.63, 3.8) is 0 Å². The maximum Gasteiger partial charge on any atom is 0.171 e. The predicted molar refractivity (Wildman–Crippen MR) is 40.0 cm³/mol. The molecular weight excluding hydrogens is 132 g/mol. The molecule has 0 radical (unpaired) electrons. The lowest BCUT2D eigenvalue weighted by molar-refractivity contribution is 0.341. The van der Waals surface area contributed by atoms with E-state index in [2.05, 4.69) is 4.99 Å². The number of nitrogens with two attached hydrogens (primary N) is 2. The Morgan fingerprint density at radius 3 is 2.90 bits per heavy atom. The Kier molecular flexibility index (Phi) is 4.23. The molecule has 0 aromatic rings. The second-order valence-corrected chi connectivity index (χ2v) is 1.61. The second-order valence-electron chi connectivity index (χ2n) is 1.61. The molecule has 5 nitrogen and oxygen atoms in total. The van der Waals surface area contributed by atoms with Crippen LogP contribution in [0.3, 0.4) is 0 Å². The molecule has 0 bridgehead atoms. The molecule has 0 amide bonds. The maximum atomic E-state index is 6.82. The van der Waals surface area contributed by atoms with Crippen LogP contribution in [0.25, 0.3) is 0 Å². The second kappa shape index (κ2) is 4.75. The van der Waals surface area contributed by atoms with Crippen molar-refractivity contribution in [3.8, 4) is 0 Å². The van der Waals surface area contributed by atoms with Crippen LogP contribution in [0.1, 0.15) is 6.92 Å². The number of nitrogens with zero attached hydrogens (tertiary/aromatic N) is 1. The first-order valence-corrected chi connectivity index (χ1v) is 2.91. The van der Waals surface area contributed by atoms with Crippen molar-refractivity contribution in [3.05, 3.63) is 0 Å². The minimum atomic E-state index is -0.772. The fourth-order valence-electron chi connectivity index (χ4n) is 0.263. The molecule has 0 rings (SSSR count). The summed E-state index contributed by atoms with van der Waals surface area (Å²) < 4.78 is 4.73. The fourth-order valence-corrected chi connectivity index (χ4v) is 0.263. The number of hydrogen-bond donors (Lipinski definition) is 3. The summed E-state index contributed by atoms with van der Waals surface area (Å²) in [4.78, 5) is 3.59. The van der Waals surface area contributed by atoms with Gasteiger partial charge in [0.2, 0.25) is 0 Å². The Labute approximate surface area is 59.6 Å². The van der Waals surface area contributed by atoms with Crippen molar-refractivity contribution in [2.24, 2.45) is 16.5 Å². The molecule has 0 heterocycles. The van der Waals surface area contributed by atoms with Crippen LogP contribution in [0.4, 0.5) is 0 Å². The van der Waals surface area contributed by atoms with Gasteiger partial charge in [-0.05, 0) is 6.92 Å². The lowest BCUT2D eigenvalue weighted by Crippen LogP contribution is -2.34. The molecule has 58 valence electrons.